The van der Waals surface area contributed by atoms with Crippen LogP contribution in [0.25, 0.3) is 22.8 Å². The molecule has 0 radical (unpaired) electrons. The molecule has 0 unspecified atom stereocenters. The summed E-state index contributed by atoms with van der Waals surface area (Å²) in [5, 5.41) is 7.00. The van der Waals surface area contributed by atoms with Crippen LogP contribution in [0.15, 0.2) is 77.6 Å². The summed E-state index contributed by atoms with van der Waals surface area (Å²) < 4.78 is 5.46. The normalized spacial score (nSPS) is 10.6. The van der Waals surface area contributed by atoms with E-state index in [1.165, 1.54) is 0 Å². The Hall–Kier alpha value is -3.80. The van der Waals surface area contributed by atoms with Crippen molar-refractivity contribution >= 4 is 5.91 Å². The van der Waals surface area contributed by atoms with E-state index in [4.69, 9.17) is 4.52 Å². The SMILES string of the molecule is Cc1ccccc1-c1noc(-c2ccccc2C(=O)NCc2cccnc2)n1. The Kier molecular flexibility index (Phi) is 4.93. The lowest BCUT2D eigenvalue weighted by molar-refractivity contribution is 0.0951. The van der Waals surface area contributed by atoms with Gasteiger partial charge in [0.2, 0.25) is 5.82 Å². The minimum absolute atomic E-state index is 0.213. The predicted molar refractivity (Wildman–Crippen MR) is 105 cm³/mol. The molecule has 0 aliphatic heterocycles. The average Bonchev–Trinajstić information content (AvgIpc) is 3.23. The fourth-order valence-electron chi connectivity index (χ4n) is 2.91. The highest BCUT2D eigenvalue weighted by molar-refractivity contribution is 6.00. The molecule has 2 aromatic heterocycles. The second-order valence-corrected chi connectivity index (χ2v) is 6.33. The van der Waals surface area contributed by atoms with E-state index in [0.717, 1.165) is 16.7 Å². The number of amides is 1. The van der Waals surface area contributed by atoms with Gasteiger partial charge in [-0.2, -0.15) is 4.98 Å². The molecule has 0 spiro atoms. The molecule has 0 bridgehead atoms. The number of hydrogen-bond acceptors (Lipinski definition) is 5. The van der Waals surface area contributed by atoms with Gasteiger partial charge in [0.15, 0.2) is 0 Å². The first-order valence-corrected chi connectivity index (χ1v) is 8.88. The van der Waals surface area contributed by atoms with Gasteiger partial charge >= 0.3 is 0 Å². The van der Waals surface area contributed by atoms with Gasteiger partial charge in [0.25, 0.3) is 11.8 Å². The lowest BCUT2D eigenvalue weighted by Crippen LogP contribution is -2.23. The molecule has 0 saturated heterocycles. The number of nitrogens with one attached hydrogen (secondary N) is 1. The zero-order valence-electron chi connectivity index (χ0n) is 15.3. The van der Waals surface area contributed by atoms with Gasteiger partial charge in [-0.05, 0) is 36.2 Å². The van der Waals surface area contributed by atoms with Crippen molar-refractivity contribution in [3.63, 3.8) is 0 Å². The van der Waals surface area contributed by atoms with Crippen LogP contribution in [-0.4, -0.2) is 21.0 Å². The van der Waals surface area contributed by atoms with E-state index >= 15 is 0 Å². The van der Waals surface area contributed by atoms with Crippen LogP contribution < -0.4 is 5.32 Å². The highest BCUT2D eigenvalue weighted by atomic mass is 16.5. The summed E-state index contributed by atoms with van der Waals surface area (Å²) in [7, 11) is 0. The second kappa shape index (κ2) is 7.84. The highest BCUT2D eigenvalue weighted by Crippen LogP contribution is 2.26. The molecule has 6 heteroatoms. The Bertz CT molecular complexity index is 1110. The third-order valence-corrected chi connectivity index (χ3v) is 4.39. The van der Waals surface area contributed by atoms with Gasteiger partial charge in [-0.3, -0.25) is 9.78 Å². The van der Waals surface area contributed by atoms with Gasteiger partial charge in [-0.25, -0.2) is 0 Å². The van der Waals surface area contributed by atoms with E-state index in [-0.39, 0.29) is 5.91 Å². The number of carbonyl (C=O) groups excluding carboxylic acids is 1. The minimum atomic E-state index is -0.213. The molecule has 6 nitrogen and oxygen atoms in total. The number of aromatic nitrogens is 3. The Morgan fingerprint density at radius 1 is 1.00 bits per heavy atom. The molecule has 4 rings (SSSR count). The number of pyridine rings is 1. The molecule has 0 aliphatic rings. The number of rotatable bonds is 5. The number of nitrogens with zero attached hydrogens (tertiary/aromatic N) is 3. The average molecular weight is 370 g/mol. The molecular formula is C22H18N4O2. The number of benzene rings is 2. The molecule has 0 atom stereocenters. The van der Waals surface area contributed by atoms with Crippen molar-refractivity contribution in [3.05, 3.63) is 89.7 Å². The van der Waals surface area contributed by atoms with E-state index in [9.17, 15) is 4.79 Å². The summed E-state index contributed by atoms with van der Waals surface area (Å²) in [6.07, 6.45) is 3.42. The minimum Gasteiger partial charge on any atom is -0.348 e. The molecule has 138 valence electrons. The first-order chi connectivity index (χ1) is 13.7. The zero-order valence-corrected chi connectivity index (χ0v) is 15.3. The van der Waals surface area contributed by atoms with Crippen molar-refractivity contribution in [2.45, 2.75) is 13.5 Å². The molecule has 0 aliphatic carbocycles. The van der Waals surface area contributed by atoms with E-state index in [0.29, 0.717) is 29.4 Å². The third kappa shape index (κ3) is 3.66. The Morgan fingerprint density at radius 2 is 1.79 bits per heavy atom. The summed E-state index contributed by atoms with van der Waals surface area (Å²) in [6.45, 7) is 2.38. The number of aryl methyl sites for hydroxylation is 1. The smallest absolute Gasteiger partial charge is 0.259 e. The first kappa shape index (κ1) is 17.6. The Labute approximate surface area is 162 Å². The van der Waals surface area contributed by atoms with Crippen molar-refractivity contribution in [2.24, 2.45) is 0 Å². The van der Waals surface area contributed by atoms with Gasteiger partial charge in [0, 0.05) is 24.5 Å². The third-order valence-electron chi connectivity index (χ3n) is 4.39. The first-order valence-electron chi connectivity index (χ1n) is 8.88. The predicted octanol–water partition coefficient (Wildman–Crippen LogP) is 4.04. The van der Waals surface area contributed by atoms with Crippen LogP contribution in [0.3, 0.4) is 0 Å². The van der Waals surface area contributed by atoms with Crippen LogP contribution in [0.2, 0.25) is 0 Å². The molecule has 2 aromatic carbocycles. The molecule has 4 aromatic rings. The van der Waals surface area contributed by atoms with Gasteiger partial charge in [0.05, 0.1) is 11.1 Å². The van der Waals surface area contributed by atoms with Crippen molar-refractivity contribution < 1.29 is 9.32 Å². The van der Waals surface area contributed by atoms with Crippen molar-refractivity contribution in [1.82, 2.24) is 20.4 Å². The van der Waals surface area contributed by atoms with Crippen molar-refractivity contribution in [2.75, 3.05) is 0 Å². The maximum atomic E-state index is 12.7. The maximum absolute atomic E-state index is 12.7. The summed E-state index contributed by atoms with van der Waals surface area (Å²) in [5.74, 6) is 0.596. The fraction of sp³-hybridized carbons (Fsp3) is 0.0909. The van der Waals surface area contributed by atoms with E-state index in [2.05, 4.69) is 20.4 Å². The fourth-order valence-corrected chi connectivity index (χ4v) is 2.91. The number of carbonyl (C=O) groups is 1. The summed E-state index contributed by atoms with van der Waals surface area (Å²) in [5.41, 5.74) is 3.95. The molecule has 1 N–H and O–H groups in total. The van der Waals surface area contributed by atoms with Gasteiger partial charge in [-0.15, -0.1) is 0 Å². The van der Waals surface area contributed by atoms with Crippen molar-refractivity contribution in [1.29, 1.82) is 0 Å². The van der Waals surface area contributed by atoms with Gasteiger partial charge < -0.3 is 9.84 Å². The lowest BCUT2D eigenvalue weighted by Gasteiger charge is -2.07. The van der Waals surface area contributed by atoms with Gasteiger partial charge in [-0.1, -0.05) is 47.6 Å². The van der Waals surface area contributed by atoms with Crippen LogP contribution >= 0.6 is 0 Å². The van der Waals surface area contributed by atoms with Crippen molar-refractivity contribution in [3.8, 4) is 22.8 Å². The largest absolute Gasteiger partial charge is 0.348 e. The molecular weight excluding hydrogens is 352 g/mol. The summed E-state index contributed by atoms with van der Waals surface area (Å²) in [6, 6.07) is 18.7. The second-order valence-electron chi connectivity index (χ2n) is 6.33. The molecule has 2 heterocycles. The Balaban J connectivity index is 1.60. The maximum Gasteiger partial charge on any atom is 0.259 e. The van der Waals surface area contributed by atoms with E-state index in [1.807, 2.05) is 49.4 Å². The Morgan fingerprint density at radius 3 is 2.57 bits per heavy atom. The highest BCUT2D eigenvalue weighted by Gasteiger charge is 2.18. The summed E-state index contributed by atoms with van der Waals surface area (Å²) >= 11 is 0. The quantitative estimate of drug-likeness (QED) is 0.573. The standard InChI is InChI=1S/C22H18N4O2/c1-15-7-2-3-9-17(15)20-25-22(28-26-20)19-11-5-4-10-18(19)21(27)24-14-16-8-6-12-23-13-16/h2-13H,14H2,1H3,(H,24,27). The van der Waals surface area contributed by atoms with Crippen LogP contribution in [0.1, 0.15) is 21.5 Å². The van der Waals surface area contributed by atoms with E-state index in [1.54, 1.807) is 30.6 Å². The number of hydrogen-bond donors (Lipinski definition) is 1. The molecule has 0 saturated carbocycles. The van der Waals surface area contributed by atoms with Crippen LogP contribution in [0, 0.1) is 6.92 Å². The van der Waals surface area contributed by atoms with Gasteiger partial charge in [0.1, 0.15) is 0 Å². The topological polar surface area (TPSA) is 80.9 Å². The summed E-state index contributed by atoms with van der Waals surface area (Å²) in [4.78, 5) is 21.3. The van der Waals surface area contributed by atoms with Crippen LogP contribution in [0.4, 0.5) is 0 Å². The van der Waals surface area contributed by atoms with Crippen LogP contribution in [-0.2, 0) is 6.54 Å². The monoisotopic (exact) mass is 370 g/mol. The molecule has 0 fully saturated rings. The lowest BCUT2D eigenvalue weighted by atomic mass is 10.1. The molecule has 1 amide bonds. The molecule has 28 heavy (non-hydrogen) atoms. The van der Waals surface area contributed by atoms with Crippen LogP contribution in [0.5, 0.6) is 0 Å². The zero-order chi connectivity index (χ0) is 19.3. The van der Waals surface area contributed by atoms with E-state index < -0.39 is 0 Å².